The van der Waals surface area contributed by atoms with E-state index in [1.54, 1.807) is 0 Å². The summed E-state index contributed by atoms with van der Waals surface area (Å²) in [5.74, 6) is -4.57. The van der Waals surface area contributed by atoms with Crippen molar-refractivity contribution < 1.29 is 43.0 Å². The number of carbonyl (C=O) groups is 6. The molecule has 0 aromatic rings. The molecule has 1 aliphatic heterocycles. The van der Waals surface area contributed by atoms with Crippen LogP contribution in [0.1, 0.15) is 40.0 Å². The van der Waals surface area contributed by atoms with Gasteiger partial charge in [0.15, 0.2) is 0 Å². The molecule has 0 aliphatic carbocycles. The van der Waals surface area contributed by atoms with E-state index >= 15 is 0 Å². The minimum atomic E-state index is -1.53. The number of carbonyl (C=O) groups excluding carboxylic acids is 6. The number of amides is 7. The third-order valence-corrected chi connectivity index (χ3v) is 5.75. The van der Waals surface area contributed by atoms with Crippen molar-refractivity contribution in [3.05, 3.63) is 12.2 Å². The minimum absolute atomic E-state index is 0.00832. The lowest BCUT2D eigenvalue weighted by atomic mass is 9.94. The van der Waals surface area contributed by atoms with Gasteiger partial charge in [0, 0.05) is 31.2 Å². The molecule has 7 amide bonds. The van der Waals surface area contributed by atoms with Gasteiger partial charge >= 0.3 is 6.03 Å². The Balaban J connectivity index is 2.53. The maximum Gasteiger partial charge on any atom is 0.312 e. The molecule has 14 nitrogen and oxygen atoms in total. The van der Waals surface area contributed by atoms with Crippen molar-refractivity contribution in [3.8, 4) is 0 Å². The van der Waals surface area contributed by atoms with E-state index in [1.165, 1.54) is 0 Å². The van der Waals surface area contributed by atoms with E-state index in [0.717, 1.165) is 12.2 Å². The zero-order valence-corrected chi connectivity index (χ0v) is 22.1. The minimum Gasteiger partial charge on any atom is -0.379 e. The number of imide groups is 3. The average Bonchev–Trinajstić information content (AvgIpc) is 3.17. The number of urea groups is 1. The SMILES string of the molecule is CC(C)C(C)NC(=O)CCOCCOCCO[C@H](C(=O)N1C(=O)C=CC1=O)C(CCCNC(N)=O)C(N)=O. The van der Waals surface area contributed by atoms with Gasteiger partial charge in [-0.05, 0) is 25.7 Å². The van der Waals surface area contributed by atoms with E-state index in [-0.39, 0.29) is 70.8 Å². The Morgan fingerprint density at radius 3 is 2.05 bits per heavy atom. The highest BCUT2D eigenvalue weighted by Gasteiger charge is 2.41. The number of ether oxygens (including phenoxy) is 3. The maximum absolute atomic E-state index is 13.0. The largest absolute Gasteiger partial charge is 0.379 e. The molecule has 2 unspecified atom stereocenters. The van der Waals surface area contributed by atoms with Gasteiger partial charge < -0.3 is 36.3 Å². The fourth-order valence-electron chi connectivity index (χ4n) is 3.29. The van der Waals surface area contributed by atoms with Gasteiger partial charge in [0.05, 0.1) is 39.0 Å². The van der Waals surface area contributed by atoms with Gasteiger partial charge in [-0.3, -0.25) is 24.0 Å². The van der Waals surface area contributed by atoms with Gasteiger partial charge in [-0.1, -0.05) is 13.8 Å². The van der Waals surface area contributed by atoms with Crippen LogP contribution in [-0.2, 0) is 38.2 Å². The van der Waals surface area contributed by atoms with Gasteiger partial charge in [-0.2, -0.15) is 0 Å². The fourth-order valence-corrected chi connectivity index (χ4v) is 3.29. The standard InChI is InChI=1S/C24H39N5O9/c1-15(2)16(3)28-18(30)8-10-36-11-12-37-13-14-38-21(23(34)29-19(31)6-7-20(29)32)17(22(25)33)5-4-9-27-24(26)35/h6-7,15-17,21H,4-5,8-14H2,1-3H3,(H2,25,33)(H,28,30)(H3,26,27,35)/t16?,17?,21-/m0/s1. The molecule has 3 atom stereocenters. The Kier molecular flexibility index (Phi) is 14.8. The van der Waals surface area contributed by atoms with Gasteiger partial charge in [-0.15, -0.1) is 0 Å². The molecular formula is C24H39N5O9. The summed E-state index contributed by atoms with van der Waals surface area (Å²) in [6, 6.07) is -0.686. The average molecular weight is 542 g/mol. The molecule has 14 heteroatoms. The van der Waals surface area contributed by atoms with Crippen LogP contribution in [0.4, 0.5) is 4.79 Å². The molecule has 1 heterocycles. The zero-order valence-electron chi connectivity index (χ0n) is 22.1. The van der Waals surface area contributed by atoms with Crippen molar-refractivity contribution in [1.82, 2.24) is 15.5 Å². The number of hydrogen-bond acceptors (Lipinski definition) is 9. The Labute approximate surface area is 221 Å². The van der Waals surface area contributed by atoms with Crippen LogP contribution in [0.2, 0.25) is 0 Å². The summed E-state index contributed by atoms with van der Waals surface area (Å²) in [6.07, 6.45) is 0.812. The quantitative estimate of drug-likeness (QED) is 0.116. The van der Waals surface area contributed by atoms with Crippen LogP contribution < -0.4 is 22.1 Å². The number of nitrogens with one attached hydrogen (secondary N) is 2. The number of nitrogens with two attached hydrogens (primary N) is 2. The van der Waals surface area contributed by atoms with Gasteiger partial charge in [0.2, 0.25) is 11.8 Å². The maximum atomic E-state index is 13.0. The first-order chi connectivity index (χ1) is 18.0. The van der Waals surface area contributed by atoms with E-state index in [1.807, 2.05) is 20.8 Å². The van der Waals surface area contributed by atoms with E-state index in [0.29, 0.717) is 10.8 Å². The van der Waals surface area contributed by atoms with Crippen molar-refractivity contribution >= 4 is 35.6 Å². The molecule has 0 aromatic carbocycles. The van der Waals surface area contributed by atoms with Crippen molar-refractivity contribution in [2.24, 2.45) is 23.3 Å². The summed E-state index contributed by atoms with van der Waals surface area (Å²) in [7, 11) is 0. The van der Waals surface area contributed by atoms with Gasteiger partial charge in [0.25, 0.3) is 17.7 Å². The number of rotatable bonds is 19. The van der Waals surface area contributed by atoms with Crippen LogP contribution >= 0.6 is 0 Å². The third-order valence-electron chi connectivity index (χ3n) is 5.75. The van der Waals surface area contributed by atoms with Crippen molar-refractivity contribution in [2.45, 2.75) is 52.2 Å². The molecule has 0 aromatic heterocycles. The molecule has 0 fully saturated rings. The Morgan fingerprint density at radius 1 is 0.921 bits per heavy atom. The number of hydrogen-bond donors (Lipinski definition) is 4. The van der Waals surface area contributed by atoms with Crippen LogP contribution in [0.25, 0.3) is 0 Å². The predicted molar refractivity (Wildman–Crippen MR) is 134 cm³/mol. The summed E-state index contributed by atoms with van der Waals surface area (Å²) >= 11 is 0. The molecule has 1 rings (SSSR count). The topological polar surface area (TPSA) is 209 Å². The van der Waals surface area contributed by atoms with Gasteiger partial charge in [-0.25, -0.2) is 9.69 Å². The highest BCUT2D eigenvalue weighted by Crippen LogP contribution is 2.19. The predicted octanol–water partition coefficient (Wildman–Crippen LogP) is -1.04. The fraction of sp³-hybridized carbons (Fsp3) is 0.667. The lowest BCUT2D eigenvalue weighted by Crippen LogP contribution is -2.50. The normalized spacial score (nSPS) is 15.4. The smallest absolute Gasteiger partial charge is 0.312 e. The molecule has 214 valence electrons. The molecule has 0 bridgehead atoms. The lowest BCUT2D eigenvalue weighted by molar-refractivity contribution is -0.161. The first-order valence-corrected chi connectivity index (χ1v) is 12.4. The second-order valence-electron chi connectivity index (χ2n) is 8.99. The second kappa shape index (κ2) is 17.2. The van der Waals surface area contributed by atoms with Crippen LogP contribution in [0.5, 0.6) is 0 Å². The molecule has 1 aliphatic rings. The van der Waals surface area contributed by atoms with E-state index in [9.17, 15) is 28.8 Å². The Bertz CT molecular complexity index is 859. The van der Waals surface area contributed by atoms with Crippen LogP contribution in [-0.4, -0.2) is 92.2 Å². The second-order valence-corrected chi connectivity index (χ2v) is 8.99. The zero-order chi connectivity index (χ0) is 28.7. The summed E-state index contributed by atoms with van der Waals surface area (Å²) < 4.78 is 16.4. The monoisotopic (exact) mass is 541 g/mol. The first kappa shape index (κ1) is 32.7. The molecule has 0 saturated carbocycles. The number of nitrogens with zero attached hydrogens (tertiary/aromatic N) is 1. The van der Waals surface area contributed by atoms with Crippen LogP contribution in [0.15, 0.2) is 12.2 Å². The van der Waals surface area contributed by atoms with Crippen molar-refractivity contribution in [1.29, 1.82) is 0 Å². The Morgan fingerprint density at radius 2 is 1.50 bits per heavy atom. The van der Waals surface area contributed by atoms with Crippen LogP contribution in [0, 0.1) is 11.8 Å². The van der Waals surface area contributed by atoms with E-state index < -0.39 is 41.7 Å². The van der Waals surface area contributed by atoms with E-state index in [4.69, 9.17) is 25.7 Å². The molecule has 6 N–H and O–H groups in total. The molecule has 0 spiro atoms. The summed E-state index contributed by atoms with van der Waals surface area (Å²) in [4.78, 5) is 72.1. The number of primary amides is 2. The summed E-state index contributed by atoms with van der Waals surface area (Å²) in [6.45, 7) is 6.55. The Hall–Kier alpha value is -3.36. The summed E-state index contributed by atoms with van der Waals surface area (Å²) in [5, 5.41) is 5.24. The molecule has 0 radical (unpaired) electrons. The van der Waals surface area contributed by atoms with Crippen molar-refractivity contribution in [3.63, 3.8) is 0 Å². The van der Waals surface area contributed by atoms with Crippen molar-refractivity contribution in [2.75, 3.05) is 39.6 Å². The molecular weight excluding hydrogens is 502 g/mol. The van der Waals surface area contributed by atoms with Crippen LogP contribution in [0.3, 0.4) is 0 Å². The molecule has 0 saturated heterocycles. The van der Waals surface area contributed by atoms with E-state index in [2.05, 4.69) is 10.6 Å². The molecule has 38 heavy (non-hydrogen) atoms. The highest BCUT2D eigenvalue weighted by molar-refractivity contribution is 6.23. The third kappa shape index (κ3) is 11.8. The summed E-state index contributed by atoms with van der Waals surface area (Å²) in [5.41, 5.74) is 10.5. The van der Waals surface area contributed by atoms with Gasteiger partial charge in [0.1, 0.15) is 6.10 Å². The highest BCUT2D eigenvalue weighted by atomic mass is 16.5. The first-order valence-electron chi connectivity index (χ1n) is 12.4. The lowest BCUT2D eigenvalue weighted by Gasteiger charge is -2.26.